The van der Waals surface area contributed by atoms with Crippen molar-refractivity contribution >= 4 is 10.0 Å². The summed E-state index contributed by atoms with van der Waals surface area (Å²) in [5, 5.41) is 3.16. The molecule has 1 aromatic carbocycles. The van der Waals surface area contributed by atoms with E-state index in [4.69, 9.17) is 5.73 Å². The zero-order chi connectivity index (χ0) is 13.2. The fraction of sp³-hybridized carbons (Fsp3) is 0.500. The Balaban J connectivity index is 2.35. The van der Waals surface area contributed by atoms with Gasteiger partial charge in [0, 0.05) is 32.2 Å². The number of nitrogens with two attached hydrogens (primary N) is 1. The molecule has 1 unspecified atom stereocenters. The van der Waals surface area contributed by atoms with Crippen LogP contribution >= 0.6 is 0 Å². The number of benzene rings is 1. The van der Waals surface area contributed by atoms with Crippen molar-refractivity contribution in [1.82, 2.24) is 9.62 Å². The molecule has 18 heavy (non-hydrogen) atoms. The predicted molar refractivity (Wildman–Crippen MR) is 70.8 cm³/mol. The molecule has 1 heterocycles. The summed E-state index contributed by atoms with van der Waals surface area (Å²) in [4.78, 5) is 0.350. The van der Waals surface area contributed by atoms with Crippen LogP contribution < -0.4 is 11.1 Å². The van der Waals surface area contributed by atoms with Crippen LogP contribution in [0.5, 0.6) is 0 Å². The maximum atomic E-state index is 12.6. The largest absolute Gasteiger partial charge is 0.329 e. The molecule has 0 spiro atoms. The standard InChI is InChI=1S/C12H19N3O2S/c1-10-3-2-4-12(7-10)18(16,17)15-6-5-14-9-11(15)8-13/h2-4,7,11,14H,5-6,8-9,13H2,1H3. The van der Waals surface area contributed by atoms with Gasteiger partial charge >= 0.3 is 0 Å². The molecule has 5 nitrogen and oxygen atoms in total. The van der Waals surface area contributed by atoms with Crippen molar-refractivity contribution in [2.24, 2.45) is 5.73 Å². The van der Waals surface area contributed by atoms with E-state index in [0.717, 1.165) is 5.56 Å². The summed E-state index contributed by atoms with van der Waals surface area (Å²) in [6.07, 6.45) is 0. The lowest BCUT2D eigenvalue weighted by Gasteiger charge is -2.34. The molecule has 1 aliphatic rings. The van der Waals surface area contributed by atoms with Crippen molar-refractivity contribution in [1.29, 1.82) is 0 Å². The van der Waals surface area contributed by atoms with E-state index >= 15 is 0 Å². The number of hydrogen-bond acceptors (Lipinski definition) is 4. The first-order chi connectivity index (χ1) is 8.55. The maximum absolute atomic E-state index is 12.6. The molecule has 0 amide bonds. The van der Waals surface area contributed by atoms with Crippen LogP contribution in [0.1, 0.15) is 5.56 Å². The van der Waals surface area contributed by atoms with Crippen molar-refractivity contribution < 1.29 is 8.42 Å². The molecule has 1 atom stereocenters. The molecule has 0 bridgehead atoms. The summed E-state index contributed by atoms with van der Waals surface area (Å²) in [6.45, 7) is 3.97. The van der Waals surface area contributed by atoms with Crippen LogP contribution in [0, 0.1) is 6.92 Å². The lowest BCUT2D eigenvalue weighted by molar-refractivity contribution is 0.272. The second-order valence-corrected chi connectivity index (χ2v) is 6.42. The maximum Gasteiger partial charge on any atom is 0.243 e. The Labute approximate surface area is 108 Å². The Morgan fingerprint density at radius 2 is 2.28 bits per heavy atom. The number of piperazine rings is 1. The van der Waals surface area contributed by atoms with Crippen molar-refractivity contribution in [3.63, 3.8) is 0 Å². The normalized spacial score (nSPS) is 22.0. The number of sulfonamides is 1. The van der Waals surface area contributed by atoms with Crippen molar-refractivity contribution in [2.45, 2.75) is 17.9 Å². The van der Waals surface area contributed by atoms with Crippen LogP contribution in [0.2, 0.25) is 0 Å². The second-order valence-electron chi connectivity index (χ2n) is 4.53. The molecule has 1 aromatic rings. The summed E-state index contributed by atoms with van der Waals surface area (Å²) in [5.41, 5.74) is 6.59. The van der Waals surface area contributed by atoms with Gasteiger partial charge in [-0.05, 0) is 24.6 Å². The first kappa shape index (κ1) is 13.5. The van der Waals surface area contributed by atoms with Crippen LogP contribution in [-0.4, -0.2) is 44.9 Å². The monoisotopic (exact) mass is 269 g/mol. The molecule has 3 N–H and O–H groups in total. The second kappa shape index (κ2) is 5.36. The summed E-state index contributed by atoms with van der Waals surface area (Å²) >= 11 is 0. The number of hydrogen-bond donors (Lipinski definition) is 2. The van der Waals surface area contributed by atoms with Gasteiger partial charge in [-0.3, -0.25) is 0 Å². The highest BCUT2D eigenvalue weighted by Crippen LogP contribution is 2.19. The van der Waals surface area contributed by atoms with E-state index in [9.17, 15) is 8.42 Å². The van der Waals surface area contributed by atoms with Crippen molar-refractivity contribution in [2.75, 3.05) is 26.2 Å². The van der Waals surface area contributed by atoms with E-state index in [1.54, 1.807) is 18.2 Å². The molecule has 0 aliphatic carbocycles. The Kier molecular flexibility index (Phi) is 4.01. The van der Waals surface area contributed by atoms with Gasteiger partial charge in [0.15, 0.2) is 0 Å². The molecule has 100 valence electrons. The number of rotatable bonds is 3. The van der Waals surface area contributed by atoms with Crippen molar-refractivity contribution in [3.05, 3.63) is 29.8 Å². The molecule has 2 rings (SSSR count). The molecular weight excluding hydrogens is 250 g/mol. The quantitative estimate of drug-likeness (QED) is 0.804. The van der Waals surface area contributed by atoms with E-state index in [-0.39, 0.29) is 6.04 Å². The number of aryl methyl sites for hydroxylation is 1. The van der Waals surface area contributed by atoms with Crippen LogP contribution in [-0.2, 0) is 10.0 Å². The van der Waals surface area contributed by atoms with Gasteiger partial charge < -0.3 is 11.1 Å². The van der Waals surface area contributed by atoms with Gasteiger partial charge in [0.1, 0.15) is 0 Å². The Morgan fingerprint density at radius 3 is 2.94 bits per heavy atom. The number of nitrogens with zero attached hydrogens (tertiary/aromatic N) is 1. The fourth-order valence-electron chi connectivity index (χ4n) is 2.17. The van der Waals surface area contributed by atoms with Gasteiger partial charge in [-0.2, -0.15) is 4.31 Å². The predicted octanol–water partition coefficient (Wildman–Crippen LogP) is -0.0838. The molecule has 1 aliphatic heterocycles. The average Bonchev–Trinajstić information content (AvgIpc) is 2.38. The van der Waals surface area contributed by atoms with E-state index in [0.29, 0.717) is 31.1 Å². The molecule has 0 aromatic heterocycles. The Hall–Kier alpha value is -0.950. The van der Waals surface area contributed by atoms with E-state index in [1.165, 1.54) is 4.31 Å². The van der Waals surface area contributed by atoms with Gasteiger partial charge in [0.05, 0.1) is 4.90 Å². The number of nitrogens with one attached hydrogen (secondary N) is 1. The fourth-order valence-corrected chi connectivity index (χ4v) is 3.91. The Bertz CT molecular complexity index is 516. The highest BCUT2D eigenvalue weighted by molar-refractivity contribution is 7.89. The van der Waals surface area contributed by atoms with Crippen LogP contribution in [0.3, 0.4) is 0 Å². The van der Waals surface area contributed by atoms with E-state index in [2.05, 4.69) is 5.32 Å². The van der Waals surface area contributed by atoms with Gasteiger partial charge in [-0.25, -0.2) is 8.42 Å². The molecule has 0 saturated carbocycles. The molecule has 1 saturated heterocycles. The average molecular weight is 269 g/mol. The molecular formula is C12H19N3O2S. The minimum atomic E-state index is -3.43. The van der Waals surface area contributed by atoms with Gasteiger partial charge in [-0.15, -0.1) is 0 Å². The van der Waals surface area contributed by atoms with Crippen LogP contribution in [0.15, 0.2) is 29.2 Å². The molecule has 0 radical (unpaired) electrons. The first-order valence-corrected chi connectivity index (χ1v) is 7.49. The lowest BCUT2D eigenvalue weighted by Crippen LogP contribution is -2.56. The van der Waals surface area contributed by atoms with Crippen LogP contribution in [0.4, 0.5) is 0 Å². The third-order valence-corrected chi connectivity index (χ3v) is 5.11. The lowest BCUT2D eigenvalue weighted by atomic mass is 10.2. The van der Waals surface area contributed by atoms with Gasteiger partial charge in [0.25, 0.3) is 0 Å². The molecule has 1 fully saturated rings. The topological polar surface area (TPSA) is 75.4 Å². The first-order valence-electron chi connectivity index (χ1n) is 6.05. The highest BCUT2D eigenvalue weighted by atomic mass is 32.2. The smallest absolute Gasteiger partial charge is 0.243 e. The van der Waals surface area contributed by atoms with Crippen LogP contribution in [0.25, 0.3) is 0 Å². The summed E-state index contributed by atoms with van der Waals surface area (Å²) in [6, 6.07) is 6.83. The summed E-state index contributed by atoms with van der Waals surface area (Å²) in [5.74, 6) is 0. The zero-order valence-electron chi connectivity index (χ0n) is 10.5. The van der Waals surface area contributed by atoms with Gasteiger partial charge in [-0.1, -0.05) is 12.1 Å². The third kappa shape index (κ3) is 2.56. The van der Waals surface area contributed by atoms with E-state index < -0.39 is 10.0 Å². The summed E-state index contributed by atoms with van der Waals surface area (Å²) in [7, 11) is -3.43. The summed E-state index contributed by atoms with van der Waals surface area (Å²) < 4.78 is 26.6. The highest BCUT2D eigenvalue weighted by Gasteiger charge is 2.32. The van der Waals surface area contributed by atoms with Crippen molar-refractivity contribution in [3.8, 4) is 0 Å². The van der Waals surface area contributed by atoms with E-state index in [1.807, 2.05) is 13.0 Å². The SMILES string of the molecule is Cc1cccc(S(=O)(=O)N2CCNCC2CN)c1. The zero-order valence-corrected chi connectivity index (χ0v) is 11.3. The third-order valence-electron chi connectivity index (χ3n) is 3.16. The van der Waals surface area contributed by atoms with Gasteiger partial charge in [0.2, 0.25) is 10.0 Å². The minimum absolute atomic E-state index is 0.163. The Morgan fingerprint density at radius 1 is 1.50 bits per heavy atom. The minimum Gasteiger partial charge on any atom is -0.329 e. The molecule has 6 heteroatoms.